The van der Waals surface area contributed by atoms with Gasteiger partial charge in [0.15, 0.2) is 0 Å². The van der Waals surface area contributed by atoms with E-state index in [1.165, 1.54) is 6.92 Å². The summed E-state index contributed by atoms with van der Waals surface area (Å²) in [5.41, 5.74) is -0.654. The molecule has 19 heavy (non-hydrogen) atoms. The number of aromatic carboxylic acids is 1. The fraction of sp³-hybridized carbons (Fsp3) is 0.455. The van der Waals surface area contributed by atoms with E-state index < -0.39 is 16.6 Å². The van der Waals surface area contributed by atoms with Crippen LogP contribution in [0.25, 0.3) is 0 Å². The number of carboxylic acid groups (broad SMARTS) is 1. The Balaban J connectivity index is 3.40. The highest BCUT2D eigenvalue weighted by molar-refractivity contribution is 6.32. The fourth-order valence-electron chi connectivity index (χ4n) is 1.65. The van der Waals surface area contributed by atoms with E-state index in [-0.39, 0.29) is 22.1 Å². The van der Waals surface area contributed by atoms with Crippen molar-refractivity contribution in [1.29, 1.82) is 0 Å². The van der Waals surface area contributed by atoms with Crippen molar-refractivity contribution in [3.8, 4) is 0 Å². The molecule has 0 aliphatic rings. The minimum atomic E-state index is -1.27. The number of carbonyl (C=O) groups is 1. The van der Waals surface area contributed by atoms with Crippen LogP contribution in [0.4, 0.5) is 11.4 Å². The van der Waals surface area contributed by atoms with Gasteiger partial charge in [0.25, 0.3) is 0 Å². The monoisotopic (exact) mass is 287 g/mol. The molecule has 0 aromatic carbocycles. The van der Waals surface area contributed by atoms with Crippen LogP contribution in [0.1, 0.15) is 35.8 Å². The maximum Gasteiger partial charge on any atom is 0.339 e. The van der Waals surface area contributed by atoms with E-state index in [0.717, 1.165) is 12.8 Å². The summed E-state index contributed by atoms with van der Waals surface area (Å²) in [7, 11) is 0. The molecule has 104 valence electrons. The Morgan fingerprint density at radius 2 is 2.21 bits per heavy atom. The Hall–Kier alpha value is -1.89. The third-order valence-corrected chi connectivity index (χ3v) is 2.80. The van der Waals surface area contributed by atoms with Crippen LogP contribution < -0.4 is 5.32 Å². The van der Waals surface area contributed by atoms with Gasteiger partial charge in [-0.1, -0.05) is 24.9 Å². The highest BCUT2D eigenvalue weighted by atomic mass is 35.5. The molecule has 1 rings (SSSR count). The second-order valence-electron chi connectivity index (χ2n) is 3.93. The summed E-state index contributed by atoms with van der Waals surface area (Å²) >= 11 is 5.73. The molecule has 0 saturated heterocycles. The third kappa shape index (κ3) is 3.31. The number of nitrogens with one attached hydrogen (secondary N) is 1. The van der Waals surface area contributed by atoms with E-state index in [1.54, 1.807) is 0 Å². The number of aromatic nitrogens is 1. The number of unbranched alkanes of at least 4 members (excludes halogenated alkanes) is 1. The average molecular weight is 288 g/mol. The molecule has 2 N–H and O–H groups in total. The molecule has 0 radical (unpaired) electrons. The number of carboxylic acids is 1. The van der Waals surface area contributed by atoms with Crippen LogP contribution >= 0.6 is 11.6 Å². The van der Waals surface area contributed by atoms with Gasteiger partial charge in [-0.15, -0.1) is 0 Å². The SMILES string of the molecule is CCCCNc1c(C(=O)O)c(C)nc(Cl)c1[N+](=O)[O-]. The Kier molecular flexibility index (Phi) is 5.05. The maximum absolute atomic E-state index is 11.2. The van der Waals surface area contributed by atoms with Crippen LogP contribution in [0, 0.1) is 17.0 Å². The molecule has 0 saturated carbocycles. The normalized spacial score (nSPS) is 10.3. The van der Waals surface area contributed by atoms with Crippen molar-refractivity contribution < 1.29 is 14.8 Å². The van der Waals surface area contributed by atoms with Crippen LogP contribution in [0.3, 0.4) is 0 Å². The van der Waals surface area contributed by atoms with E-state index in [0.29, 0.717) is 6.54 Å². The second-order valence-corrected chi connectivity index (χ2v) is 4.29. The Bertz CT molecular complexity index is 481. The molecule has 0 aliphatic heterocycles. The number of pyridine rings is 1. The summed E-state index contributed by atoms with van der Waals surface area (Å²) in [6, 6.07) is 0. The summed E-state index contributed by atoms with van der Waals surface area (Å²) in [6.07, 6.45) is 1.64. The van der Waals surface area contributed by atoms with Crippen LogP contribution in [-0.2, 0) is 0 Å². The number of hydrogen-bond donors (Lipinski definition) is 2. The lowest BCUT2D eigenvalue weighted by Crippen LogP contribution is -2.13. The van der Waals surface area contributed by atoms with Crippen molar-refractivity contribution in [1.82, 2.24) is 4.98 Å². The average Bonchev–Trinajstić information content (AvgIpc) is 2.27. The van der Waals surface area contributed by atoms with E-state index in [1.807, 2.05) is 6.92 Å². The molecule has 1 aromatic rings. The molecule has 0 atom stereocenters. The van der Waals surface area contributed by atoms with Gasteiger partial charge < -0.3 is 10.4 Å². The van der Waals surface area contributed by atoms with Gasteiger partial charge in [0, 0.05) is 6.54 Å². The number of nitro groups is 1. The molecule has 1 aromatic heterocycles. The molecule has 0 bridgehead atoms. The molecular weight excluding hydrogens is 274 g/mol. The molecule has 0 amide bonds. The first-order valence-corrected chi connectivity index (χ1v) is 6.09. The fourth-order valence-corrected chi connectivity index (χ4v) is 1.94. The number of hydrogen-bond acceptors (Lipinski definition) is 5. The van der Waals surface area contributed by atoms with Gasteiger partial charge in [-0.3, -0.25) is 10.1 Å². The molecule has 7 nitrogen and oxygen atoms in total. The van der Waals surface area contributed by atoms with E-state index in [2.05, 4.69) is 10.3 Å². The summed E-state index contributed by atoms with van der Waals surface area (Å²) < 4.78 is 0. The van der Waals surface area contributed by atoms with Gasteiger partial charge in [-0.05, 0) is 13.3 Å². The van der Waals surface area contributed by atoms with Gasteiger partial charge in [0.1, 0.15) is 11.3 Å². The predicted octanol–water partition coefficient (Wildman–Crippen LogP) is 2.86. The summed E-state index contributed by atoms with van der Waals surface area (Å²) in [5.74, 6) is -1.27. The summed E-state index contributed by atoms with van der Waals surface area (Å²) in [5, 5.41) is 22.6. The maximum atomic E-state index is 11.2. The van der Waals surface area contributed by atoms with E-state index >= 15 is 0 Å². The Labute approximate surface area is 114 Å². The van der Waals surface area contributed by atoms with E-state index in [4.69, 9.17) is 16.7 Å². The van der Waals surface area contributed by atoms with Crippen molar-refractivity contribution >= 4 is 28.9 Å². The molecule has 0 aliphatic carbocycles. The molecule has 0 spiro atoms. The number of rotatable bonds is 6. The molecule has 8 heteroatoms. The van der Waals surface area contributed by atoms with Gasteiger partial charge in [-0.25, -0.2) is 9.78 Å². The highest BCUT2D eigenvalue weighted by Crippen LogP contribution is 2.35. The zero-order valence-electron chi connectivity index (χ0n) is 10.6. The lowest BCUT2D eigenvalue weighted by atomic mass is 10.1. The van der Waals surface area contributed by atoms with Crippen LogP contribution in [-0.4, -0.2) is 27.5 Å². The van der Waals surface area contributed by atoms with Crippen molar-refractivity contribution in [2.75, 3.05) is 11.9 Å². The quantitative estimate of drug-likeness (QED) is 0.361. The van der Waals surface area contributed by atoms with Crippen LogP contribution in [0.5, 0.6) is 0 Å². The second kappa shape index (κ2) is 6.33. The zero-order valence-corrected chi connectivity index (χ0v) is 11.3. The van der Waals surface area contributed by atoms with Gasteiger partial charge in [0.05, 0.1) is 10.6 Å². The minimum absolute atomic E-state index is 0.0801. The standard InChI is InChI=1S/C11H14ClN3O4/c1-3-4-5-13-8-7(11(16)17)6(2)14-10(12)9(8)15(18)19/h3-5H2,1-2H3,(H,13,14)(H,16,17). The van der Waals surface area contributed by atoms with Crippen LogP contribution in [0.15, 0.2) is 0 Å². The smallest absolute Gasteiger partial charge is 0.339 e. The highest BCUT2D eigenvalue weighted by Gasteiger charge is 2.28. The Morgan fingerprint density at radius 1 is 1.58 bits per heavy atom. The van der Waals surface area contributed by atoms with Crippen molar-refractivity contribution in [3.63, 3.8) is 0 Å². The van der Waals surface area contributed by atoms with Gasteiger partial charge in [-0.2, -0.15) is 0 Å². The third-order valence-electron chi connectivity index (χ3n) is 2.54. The first-order chi connectivity index (χ1) is 8.90. The largest absolute Gasteiger partial charge is 0.478 e. The topological polar surface area (TPSA) is 105 Å². The minimum Gasteiger partial charge on any atom is -0.478 e. The first kappa shape index (κ1) is 15.2. The zero-order chi connectivity index (χ0) is 14.6. The van der Waals surface area contributed by atoms with Crippen molar-refractivity contribution in [3.05, 3.63) is 26.5 Å². The van der Waals surface area contributed by atoms with Gasteiger partial charge >= 0.3 is 11.7 Å². The van der Waals surface area contributed by atoms with Crippen molar-refractivity contribution in [2.45, 2.75) is 26.7 Å². The summed E-state index contributed by atoms with van der Waals surface area (Å²) in [6.45, 7) is 3.83. The number of aryl methyl sites for hydroxylation is 1. The lowest BCUT2D eigenvalue weighted by Gasteiger charge is -2.12. The number of anilines is 1. The van der Waals surface area contributed by atoms with E-state index in [9.17, 15) is 14.9 Å². The number of halogens is 1. The molecule has 0 fully saturated rings. The summed E-state index contributed by atoms with van der Waals surface area (Å²) in [4.78, 5) is 25.2. The van der Waals surface area contributed by atoms with Crippen molar-refractivity contribution in [2.24, 2.45) is 0 Å². The molecule has 0 unspecified atom stereocenters. The molecule has 1 heterocycles. The Morgan fingerprint density at radius 3 is 2.68 bits per heavy atom. The number of nitrogens with zero attached hydrogens (tertiary/aromatic N) is 2. The van der Waals surface area contributed by atoms with Gasteiger partial charge in [0.2, 0.25) is 5.15 Å². The molecular formula is C11H14ClN3O4. The predicted molar refractivity (Wildman–Crippen MR) is 71.0 cm³/mol. The van der Waals surface area contributed by atoms with Crippen LogP contribution in [0.2, 0.25) is 5.15 Å². The first-order valence-electron chi connectivity index (χ1n) is 5.71. The lowest BCUT2D eigenvalue weighted by molar-refractivity contribution is -0.384.